The maximum Gasteiger partial charge on any atom is 0.387 e. The molecule has 7 rings (SSSR count). The maximum atomic E-state index is 6.70. The SMILES string of the molecule is C[C@H](C[C@H](C)P(c1ccccc1)c1ccccc1)Op1oc2ccc3c(c2c2c4c(ccc2o1)CCCC4)CCCC3. The summed E-state index contributed by atoms with van der Waals surface area (Å²) in [5.41, 5.74) is 8.21. The standard InChI is InChI=1S/C37H40O3P2/c1-26(25-27(2)41(30-15-5-3-6-16-30)31-17-7-4-8-18-31)38-42-39-34-23-21-28-13-9-11-19-32(28)36(34)37-33-20-12-10-14-29(33)22-24-35(37)40-42/h3-8,15-18,21-24,26-27H,9-14,19-20,25H2,1-2H3/t26-,27+/m1/s1. The summed E-state index contributed by atoms with van der Waals surface area (Å²) >= 11 is 0. The van der Waals surface area contributed by atoms with E-state index in [1.54, 1.807) is 0 Å². The van der Waals surface area contributed by atoms with Gasteiger partial charge in [-0.05, 0) is 123 Å². The first-order valence-corrected chi connectivity index (χ1v) is 18.2. The van der Waals surface area contributed by atoms with E-state index < -0.39 is 16.2 Å². The molecule has 0 aliphatic heterocycles. The van der Waals surface area contributed by atoms with Crippen molar-refractivity contribution in [1.29, 1.82) is 0 Å². The van der Waals surface area contributed by atoms with E-state index in [2.05, 4.69) is 98.8 Å². The minimum absolute atomic E-state index is 0.0104. The fraction of sp³-hybridized carbons (Fsp3) is 0.351. The van der Waals surface area contributed by atoms with Gasteiger partial charge in [-0.25, -0.2) is 0 Å². The molecule has 1 heterocycles. The van der Waals surface area contributed by atoms with E-state index >= 15 is 0 Å². The summed E-state index contributed by atoms with van der Waals surface area (Å²) in [5.74, 6) is 0. The first-order chi connectivity index (χ1) is 20.7. The Balaban J connectivity index is 1.27. The van der Waals surface area contributed by atoms with Gasteiger partial charge in [0.15, 0.2) is 0 Å². The molecule has 0 saturated heterocycles. The number of fused-ring (bicyclic) bond motifs is 7. The van der Waals surface area contributed by atoms with Crippen LogP contribution in [0.4, 0.5) is 0 Å². The second-order valence-electron chi connectivity index (χ2n) is 12.0. The van der Waals surface area contributed by atoms with Crippen LogP contribution in [0.15, 0.2) is 93.3 Å². The van der Waals surface area contributed by atoms with Gasteiger partial charge in [-0.1, -0.05) is 79.7 Å². The van der Waals surface area contributed by atoms with Crippen molar-refractivity contribution in [2.24, 2.45) is 0 Å². The molecule has 0 unspecified atom stereocenters. The Labute approximate surface area is 251 Å². The van der Waals surface area contributed by atoms with E-state index in [0.717, 1.165) is 43.3 Å². The third-order valence-corrected chi connectivity index (χ3v) is 13.1. The molecule has 0 amide bonds. The Morgan fingerprint density at radius 3 is 1.62 bits per heavy atom. The van der Waals surface area contributed by atoms with Crippen molar-refractivity contribution in [2.45, 2.75) is 83.4 Å². The zero-order valence-electron chi connectivity index (χ0n) is 24.7. The summed E-state index contributed by atoms with van der Waals surface area (Å²) in [5, 5.41) is 5.38. The lowest BCUT2D eigenvalue weighted by atomic mass is 9.84. The highest BCUT2D eigenvalue weighted by Crippen LogP contribution is 2.44. The minimum atomic E-state index is -1.59. The van der Waals surface area contributed by atoms with Gasteiger partial charge < -0.3 is 8.39 Å². The first-order valence-electron chi connectivity index (χ1n) is 15.7. The van der Waals surface area contributed by atoms with E-state index in [9.17, 15) is 0 Å². The molecule has 42 heavy (non-hydrogen) atoms. The van der Waals surface area contributed by atoms with Crippen molar-refractivity contribution in [3.05, 3.63) is 107 Å². The molecule has 216 valence electrons. The van der Waals surface area contributed by atoms with Gasteiger partial charge in [0.25, 0.3) is 0 Å². The summed E-state index contributed by atoms with van der Waals surface area (Å²) in [6.45, 7) is 4.55. The quantitative estimate of drug-likeness (QED) is 0.176. The van der Waals surface area contributed by atoms with Gasteiger partial charge >= 0.3 is 8.24 Å². The van der Waals surface area contributed by atoms with Crippen molar-refractivity contribution in [3.63, 3.8) is 0 Å². The van der Waals surface area contributed by atoms with Gasteiger partial charge in [-0.3, -0.25) is 4.52 Å². The zero-order valence-corrected chi connectivity index (χ0v) is 26.5. The average Bonchev–Trinajstić information content (AvgIpc) is 3.18. The van der Waals surface area contributed by atoms with E-state index in [1.807, 2.05) is 0 Å². The lowest BCUT2D eigenvalue weighted by molar-refractivity contribution is 0.266. The van der Waals surface area contributed by atoms with Gasteiger partial charge in [0.2, 0.25) is 0 Å². The van der Waals surface area contributed by atoms with Crippen LogP contribution in [0.2, 0.25) is 0 Å². The molecule has 0 fully saturated rings. The zero-order chi connectivity index (χ0) is 28.5. The minimum Gasteiger partial charge on any atom is -0.399 e. The molecule has 2 aliphatic carbocycles. The molecular weight excluding hydrogens is 554 g/mol. The van der Waals surface area contributed by atoms with Gasteiger partial charge in [0.1, 0.15) is 11.2 Å². The molecule has 0 saturated carbocycles. The molecule has 0 spiro atoms. The molecule has 0 bridgehead atoms. The Bertz CT molecular complexity index is 1610. The fourth-order valence-electron chi connectivity index (χ4n) is 7.15. The van der Waals surface area contributed by atoms with Crippen LogP contribution in [0.5, 0.6) is 0 Å². The van der Waals surface area contributed by atoms with E-state index in [4.69, 9.17) is 12.9 Å². The summed E-state index contributed by atoms with van der Waals surface area (Å²) in [6, 6.07) is 30.9. The lowest BCUT2D eigenvalue weighted by Crippen LogP contribution is -2.24. The maximum absolute atomic E-state index is 6.70. The van der Waals surface area contributed by atoms with Crippen molar-refractivity contribution < 1.29 is 12.9 Å². The second-order valence-corrected chi connectivity index (χ2v) is 15.7. The smallest absolute Gasteiger partial charge is 0.387 e. The Kier molecular flexibility index (Phi) is 8.27. The summed E-state index contributed by atoms with van der Waals surface area (Å²) in [4.78, 5) is 0. The van der Waals surface area contributed by atoms with E-state index in [0.29, 0.717) is 5.66 Å². The third kappa shape index (κ3) is 5.60. The highest BCUT2D eigenvalue weighted by molar-refractivity contribution is 7.73. The number of benzene rings is 4. The van der Waals surface area contributed by atoms with E-state index in [-0.39, 0.29) is 6.10 Å². The van der Waals surface area contributed by atoms with Crippen LogP contribution in [0.3, 0.4) is 0 Å². The molecule has 3 nitrogen and oxygen atoms in total. The number of aryl methyl sites for hydroxylation is 4. The number of rotatable bonds is 7. The highest BCUT2D eigenvalue weighted by atomic mass is 31.1. The molecule has 1 aromatic heterocycles. The van der Waals surface area contributed by atoms with Crippen LogP contribution in [-0.2, 0) is 25.7 Å². The van der Waals surface area contributed by atoms with Gasteiger partial charge in [0.05, 0.1) is 6.10 Å². The Morgan fingerprint density at radius 1 is 0.643 bits per heavy atom. The molecule has 0 N–H and O–H groups in total. The molecule has 5 heteroatoms. The third-order valence-electron chi connectivity index (χ3n) is 9.03. The van der Waals surface area contributed by atoms with Crippen molar-refractivity contribution >= 4 is 48.7 Å². The first kappa shape index (κ1) is 28.0. The van der Waals surface area contributed by atoms with Crippen LogP contribution in [0, 0.1) is 0 Å². The lowest BCUT2D eigenvalue weighted by Gasteiger charge is -2.27. The highest BCUT2D eigenvalue weighted by Gasteiger charge is 2.25. The Morgan fingerprint density at radius 2 is 1.12 bits per heavy atom. The second kappa shape index (κ2) is 12.4. The Hall–Kier alpha value is -2.83. The molecule has 5 aromatic rings. The van der Waals surface area contributed by atoms with Crippen LogP contribution in [-0.4, -0.2) is 11.8 Å². The van der Waals surface area contributed by atoms with E-state index in [1.165, 1.54) is 69.3 Å². The monoisotopic (exact) mass is 594 g/mol. The van der Waals surface area contributed by atoms with Crippen LogP contribution in [0.1, 0.15) is 68.2 Å². The fourth-order valence-corrected chi connectivity index (χ4v) is 11.1. The van der Waals surface area contributed by atoms with Gasteiger partial charge in [-0.2, -0.15) is 0 Å². The molecule has 2 atom stereocenters. The molecule has 0 radical (unpaired) electrons. The number of hydrogen-bond donors (Lipinski definition) is 0. The average molecular weight is 595 g/mol. The summed E-state index contributed by atoms with van der Waals surface area (Å²) in [7, 11) is -2.11. The van der Waals surface area contributed by atoms with Gasteiger partial charge in [-0.15, -0.1) is 0 Å². The predicted molar refractivity (Wildman–Crippen MR) is 179 cm³/mol. The van der Waals surface area contributed by atoms with Crippen molar-refractivity contribution in [3.8, 4) is 0 Å². The molecule has 4 aromatic carbocycles. The molecular formula is C37H40O3P2. The van der Waals surface area contributed by atoms with Crippen LogP contribution >= 0.6 is 16.2 Å². The largest absolute Gasteiger partial charge is 0.399 e. The summed E-state index contributed by atoms with van der Waals surface area (Å²) in [6.07, 6.45) is 10.5. The normalized spacial score (nSPS) is 16.3. The van der Waals surface area contributed by atoms with Gasteiger partial charge in [0, 0.05) is 10.8 Å². The summed E-state index contributed by atoms with van der Waals surface area (Å²) < 4.78 is 20.1. The van der Waals surface area contributed by atoms with Crippen molar-refractivity contribution in [1.82, 2.24) is 0 Å². The van der Waals surface area contributed by atoms with Crippen molar-refractivity contribution in [2.75, 3.05) is 0 Å². The predicted octanol–water partition coefficient (Wildman–Crippen LogP) is 9.78. The number of hydrogen-bond acceptors (Lipinski definition) is 3. The topological polar surface area (TPSA) is 35.5 Å². The van der Waals surface area contributed by atoms with Crippen LogP contribution in [0.25, 0.3) is 21.9 Å². The van der Waals surface area contributed by atoms with Crippen LogP contribution < -0.4 is 15.1 Å². The molecule has 2 aliphatic rings.